The number of aliphatic hydroxyl groups excluding tert-OH is 1. The normalized spacial score (nSPS) is 15.0. The Morgan fingerprint density at radius 2 is 1.86 bits per heavy atom. The monoisotopic (exact) mass is 333 g/mol. The zero-order chi connectivity index (χ0) is 16.4. The molecule has 2 atom stereocenters. The Labute approximate surface area is 128 Å². The first-order chi connectivity index (χ1) is 9.57. The lowest BCUT2D eigenvalue weighted by Crippen LogP contribution is -2.22. The minimum Gasteiger partial charge on any atom is -0.478 e. The van der Waals surface area contributed by atoms with Crippen LogP contribution in [0.1, 0.15) is 24.2 Å². The molecule has 1 aromatic carbocycles. The molecule has 0 heterocycles. The minimum absolute atomic E-state index is 0.0704. The summed E-state index contributed by atoms with van der Waals surface area (Å²) in [7, 11) is -0.917. The van der Waals surface area contributed by atoms with E-state index in [0.29, 0.717) is 4.90 Å². The lowest BCUT2D eigenvalue weighted by atomic mass is 10.2. The summed E-state index contributed by atoms with van der Waals surface area (Å²) in [4.78, 5) is 11.7. The lowest BCUT2D eigenvalue weighted by molar-refractivity contribution is 0.0692. The SMILES string of the molecule is CC(O)C(C)Sc1ccc(S(=O)(=O)N(C)C)cc1C(=O)O. The number of hydrogen-bond acceptors (Lipinski definition) is 5. The fourth-order valence-corrected chi connectivity index (χ4v) is 3.39. The van der Waals surface area contributed by atoms with E-state index in [-0.39, 0.29) is 15.7 Å². The molecule has 1 aromatic rings. The van der Waals surface area contributed by atoms with Gasteiger partial charge >= 0.3 is 5.97 Å². The summed E-state index contributed by atoms with van der Waals surface area (Å²) < 4.78 is 25.1. The predicted molar refractivity (Wildman–Crippen MR) is 81.3 cm³/mol. The number of hydrogen-bond donors (Lipinski definition) is 2. The molecular formula is C13H19NO5S2. The van der Waals surface area contributed by atoms with Crippen LogP contribution in [0.3, 0.4) is 0 Å². The molecule has 0 aliphatic rings. The molecule has 0 saturated carbocycles. The van der Waals surface area contributed by atoms with Crippen molar-refractivity contribution in [1.29, 1.82) is 0 Å². The largest absolute Gasteiger partial charge is 0.478 e. The predicted octanol–water partition coefficient (Wildman–Crippen LogP) is 1.50. The molecule has 0 fully saturated rings. The number of carboxylic acid groups (broad SMARTS) is 1. The Morgan fingerprint density at radius 1 is 1.29 bits per heavy atom. The summed E-state index contributed by atoms with van der Waals surface area (Å²) in [5.41, 5.74) is -0.0876. The molecule has 0 radical (unpaired) electrons. The summed E-state index contributed by atoms with van der Waals surface area (Å²) in [6, 6.07) is 3.98. The van der Waals surface area contributed by atoms with E-state index >= 15 is 0 Å². The topological polar surface area (TPSA) is 94.9 Å². The molecule has 118 valence electrons. The average molecular weight is 333 g/mol. The molecule has 0 aliphatic carbocycles. The number of aromatic carboxylic acids is 1. The minimum atomic E-state index is -3.68. The van der Waals surface area contributed by atoms with Gasteiger partial charge in [0, 0.05) is 24.2 Å². The van der Waals surface area contributed by atoms with Crippen LogP contribution >= 0.6 is 11.8 Å². The summed E-state index contributed by atoms with van der Waals surface area (Å²) in [6.45, 7) is 3.38. The second-order valence-electron chi connectivity index (χ2n) is 4.81. The average Bonchev–Trinajstić information content (AvgIpc) is 2.38. The molecule has 0 saturated heterocycles. The van der Waals surface area contributed by atoms with Gasteiger partial charge in [-0.25, -0.2) is 17.5 Å². The van der Waals surface area contributed by atoms with Gasteiger partial charge in [0.05, 0.1) is 16.6 Å². The van der Waals surface area contributed by atoms with Crippen LogP contribution in [0.25, 0.3) is 0 Å². The van der Waals surface area contributed by atoms with Gasteiger partial charge in [-0.1, -0.05) is 6.92 Å². The Balaban J connectivity index is 3.30. The maximum atomic E-state index is 12.0. The van der Waals surface area contributed by atoms with E-state index in [4.69, 9.17) is 0 Å². The van der Waals surface area contributed by atoms with E-state index in [1.165, 1.54) is 38.0 Å². The first-order valence-corrected chi connectivity index (χ1v) is 8.54. The van der Waals surface area contributed by atoms with Crippen molar-refractivity contribution >= 4 is 27.8 Å². The number of carboxylic acids is 1. The van der Waals surface area contributed by atoms with Gasteiger partial charge in [0.1, 0.15) is 0 Å². The van der Waals surface area contributed by atoms with Crippen molar-refractivity contribution in [2.75, 3.05) is 14.1 Å². The Kier molecular flexibility index (Phi) is 5.80. The van der Waals surface area contributed by atoms with Gasteiger partial charge in [0.25, 0.3) is 0 Å². The lowest BCUT2D eigenvalue weighted by Gasteiger charge is -2.17. The van der Waals surface area contributed by atoms with E-state index in [1.54, 1.807) is 13.8 Å². The van der Waals surface area contributed by atoms with Crippen molar-refractivity contribution in [3.63, 3.8) is 0 Å². The van der Waals surface area contributed by atoms with Crippen molar-refractivity contribution in [2.24, 2.45) is 0 Å². The highest BCUT2D eigenvalue weighted by molar-refractivity contribution is 8.00. The molecule has 2 N–H and O–H groups in total. The van der Waals surface area contributed by atoms with Crippen LogP contribution < -0.4 is 0 Å². The van der Waals surface area contributed by atoms with Gasteiger partial charge in [-0.15, -0.1) is 11.8 Å². The smallest absolute Gasteiger partial charge is 0.336 e. The second kappa shape index (κ2) is 6.78. The Hall–Kier alpha value is -1.09. The molecule has 0 aromatic heterocycles. The Morgan fingerprint density at radius 3 is 2.29 bits per heavy atom. The van der Waals surface area contributed by atoms with Crippen LogP contribution in [0.4, 0.5) is 0 Å². The number of benzene rings is 1. The first kappa shape index (κ1) is 18.0. The fraction of sp³-hybridized carbons (Fsp3) is 0.462. The molecule has 6 nitrogen and oxygen atoms in total. The zero-order valence-electron chi connectivity index (χ0n) is 12.3. The van der Waals surface area contributed by atoms with Crippen molar-refractivity contribution in [3.8, 4) is 0 Å². The molecule has 0 bridgehead atoms. The van der Waals surface area contributed by atoms with Gasteiger partial charge in [0.15, 0.2) is 0 Å². The van der Waals surface area contributed by atoms with E-state index in [1.807, 2.05) is 0 Å². The van der Waals surface area contributed by atoms with Crippen LogP contribution in [-0.2, 0) is 10.0 Å². The summed E-state index contributed by atoms with van der Waals surface area (Å²) in [5.74, 6) is -1.20. The number of sulfonamides is 1. The number of aliphatic hydroxyl groups is 1. The quantitative estimate of drug-likeness (QED) is 0.766. The van der Waals surface area contributed by atoms with Crippen LogP contribution in [0.5, 0.6) is 0 Å². The highest BCUT2D eigenvalue weighted by Crippen LogP contribution is 2.30. The third kappa shape index (κ3) is 4.19. The van der Waals surface area contributed by atoms with Crippen LogP contribution in [0.2, 0.25) is 0 Å². The fourth-order valence-electron chi connectivity index (χ4n) is 1.45. The zero-order valence-corrected chi connectivity index (χ0v) is 13.9. The van der Waals surface area contributed by atoms with Crippen LogP contribution in [0, 0.1) is 0 Å². The second-order valence-corrected chi connectivity index (χ2v) is 8.39. The molecule has 21 heavy (non-hydrogen) atoms. The summed E-state index contributed by atoms with van der Waals surface area (Å²) in [5, 5.41) is 18.6. The maximum absolute atomic E-state index is 12.0. The standard InChI is InChI=1S/C13H19NO5S2/c1-8(15)9(2)20-12-6-5-10(7-11(12)13(16)17)21(18,19)14(3)4/h5-9,15H,1-4H3,(H,16,17). The number of carbonyl (C=O) groups is 1. The maximum Gasteiger partial charge on any atom is 0.336 e. The van der Waals surface area contributed by atoms with E-state index in [2.05, 4.69) is 0 Å². The molecule has 2 unspecified atom stereocenters. The summed E-state index contributed by atoms with van der Waals surface area (Å²) in [6.07, 6.45) is -0.609. The number of thioether (sulfide) groups is 1. The van der Waals surface area contributed by atoms with Crippen molar-refractivity contribution < 1.29 is 23.4 Å². The van der Waals surface area contributed by atoms with Crippen molar-refractivity contribution in [2.45, 2.75) is 35.0 Å². The van der Waals surface area contributed by atoms with Crippen molar-refractivity contribution in [1.82, 2.24) is 4.31 Å². The molecule has 1 rings (SSSR count). The van der Waals surface area contributed by atoms with Crippen molar-refractivity contribution in [3.05, 3.63) is 23.8 Å². The Bertz CT molecular complexity index is 625. The molecule has 0 amide bonds. The van der Waals surface area contributed by atoms with Gasteiger partial charge in [-0.3, -0.25) is 0 Å². The summed E-state index contributed by atoms with van der Waals surface area (Å²) >= 11 is 1.20. The molecule has 0 spiro atoms. The molecular weight excluding hydrogens is 314 g/mol. The first-order valence-electron chi connectivity index (χ1n) is 6.22. The van der Waals surface area contributed by atoms with E-state index < -0.39 is 22.1 Å². The van der Waals surface area contributed by atoms with Crippen LogP contribution in [0.15, 0.2) is 28.0 Å². The van der Waals surface area contributed by atoms with Gasteiger partial charge in [-0.2, -0.15) is 0 Å². The van der Waals surface area contributed by atoms with E-state index in [9.17, 15) is 23.4 Å². The van der Waals surface area contributed by atoms with E-state index in [0.717, 1.165) is 10.4 Å². The number of rotatable bonds is 6. The molecule has 0 aliphatic heterocycles. The third-order valence-electron chi connectivity index (χ3n) is 2.95. The van der Waals surface area contributed by atoms with Gasteiger partial charge in [0.2, 0.25) is 10.0 Å². The van der Waals surface area contributed by atoms with Gasteiger partial charge < -0.3 is 10.2 Å². The molecule has 8 heteroatoms. The third-order valence-corrected chi connectivity index (χ3v) is 6.14. The highest BCUT2D eigenvalue weighted by atomic mass is 32.2. The van der Waals surface area contributed by atoms with Gasteiger partial charge in [-0.05, 0) is 25.1 Å². The number of nitrogens with zero attached hydrogens (tertiary/aromatic N) is 1. The highest BCUT2D eigenvalue weighted by Gasteiger charge is 2.22. The van der Waals surface area contributed by atoms with Crippen LogP contribution in [-0.4, -0.2) is 54.4 Å².